The minimum Gasteiger partial charge on any atom is -0.493 e. The summed E-state index contributed by atoms with van der Waals surface area (Å²) in [6, 6.07) is 8.59. The van der Waals surface area contributed by atoms with Gasteiger partial charge in [0.05, 0.1) is 12.2 Å². The molecule has 1 aliphatic carbocycles. The zero-order chi connectivity index (χ0) is 13.9. The fraction of sp³-hybridized carbons (Fsp3) is 0.562. The lowest BCUT2D eigenvalue weighted by atomic mass is 10.1. The number of hydrogen-bond donors (Lipinski definition) is 1. The van der Waals surface area contributed by atoms with Crippen LogP contribution in [-0.4, -0.2) is 35.6 Å². The molecule has 1 heterocycles. The smallest absolute Gasteiger partial charge is 0.129 e. The van der Waals surface area contributed by atoms with Gasteiger partial charge in [-0.25, -0.2) is 0 Å². The molecule has 0 aromatic heterocycles. The minimum absolute atomic E-state index is 0.400. The summed E-state index contributed by atoms with van der Waals surface area (Å²) in [6.45, 7) is 3.18. The van der Waals surface area contributed by atoms with Crippen molar-refractivity contribution in [2.24, 2.45) is 11.7 Å². The van der Waals surface area contributed by atoms with E-state index in [1.807, 2.05) is 24.3 Å². The van der Waals surface area contributed by atoms with Crippen molar-refractivity contribution in [2.45, 2.75) is 31.7 Å². The first kappa shape index (κ1) is 13.8. The normalized spacial score (nSPS) is 25.0. The molecule has 0 radical (unpaired) electrons. The van der Waals surface area contributed by atoms with Gasteiger partial charge in [-0.05, 0) is 43.7 Å². The standard InChI is InChI=1S/C16H22N2OS/c17-16(20)14-4-1-2-5-15(14)19-9-3-8-18-11-12-6-7-13(18)10-12/h1-2,4-5,12-13H,3,6-11H2,(H2,17,20). The monoisotopic (exact) mass is 290 g/mol. The predicted molar refractivity (Wildman–Crippen MR) is 85.1 cm³/mol. The van der Waals surface area contributed by atoms with Crippen LogP contribution in [0.5, 0.6) is 5.75 Å². The first-order valence-electron chi connectivity index (χ1n) is 7.49. The lowest BCUT2D eigenvalue weighted by Gasteiger charge is -2.26. The average molecular weight is 290 g/mol. The van der Waals surface area contributed by atoms with Crippen LogP contribution in [0.2, 0.25) is 0 Å². The lowest BCUT2D eigenvalue weighted by molar-refractivity contribution is 0.192. The molecule has 2 unspecified atom stereocenters. The molecular formula is C16H22N2OS. The van der Waals surface area contributed by atoms with E-state index >= 15 is 0 Å². The average Bonchev–Trinajstić information content (AvgIpc) is 3.06. The summed E-state index contributed by atoms with van der Waals surface area (Å²) in [5, 5.41) is 0. The highest BCUT2D eigenvalue weighted by Gasteiger charge is 2.36. The molecule has 2 aliphatic rings. The number of likely N-dealkylation sites (tertiary alicyclic amines) is 1. The summed E-state index contributed by atoms with van der Waals surface area (Å²) in [7, 11) is 0. The summed E-state index contributed by atoms with van der Waals surface area (Å²) in [6.07, 6.45) is 5.33. The van der Waals surface area contributed by atoms with Crippen LogP contribution in [0.3, 0.4) is 0 Å². The summed E-state index contributed by atoms with van der Waals surface area (Å²) in [5.74, 6) is 1.78. The zero-order valence-corrected chi connectivity index (χ0v) is 12.6. The van der Waals surface area contributed by atoms with Crippen molar-refractivity contribution >= 4 is 17.2 Å². The number of hydrogen-bond acceptors (Lipinski definition) is 3. The van der Waals surface area contributed by atoms with Crippen molar-refractivity contribution in [3.05, 3.63) is 29.8 Å². The molecule has 1 aliphatic heterocycles. The second-order valence-electron chi connectivity index (χ2n) is 5.89. The molecule has 20 heavy (non-hydrogen) atoms. The van der Waals surface area contributed by atoms with Gasteiger partial charge in [0, 0.05) is 19.1 Å². The Morgan fingerprint density at radius 2 is 2.20 bits per heavy atom. The third-order valence-electron chi connectivity index (χ3n) is 4.52. The second kappa shape index (κ2) is 6.10. The first-order chi connectivity index (χ1) is 9.74. The van der Waals surface area contributed by atoms with E-state index in [-0.39, 0.29) is 0 Å². The third kappa shape index (κ3) is 2.96. The Morgan fingerprint density at radius 3 is 2.90 bits per heavy atom. The topological polar surface area (TPSA) is 38.5 Å². The highest BCUT2D eigenvalue weighted by molar-refractivity contribution is 7.80. The van der Waals surface area contributed by atoms with Gasteiger partial charge in [-0.2, -0.15) is 0 Å². The van der Waals surface area contributed by atoms with E-state index in [9.17, 15) is 0 Å². The molecule has 2 atom stereocenters. The fourth-order valence-electron chi connectivity index (χ4n) is 3.55. The quantitative estimate of drug-likeness (QED) is 0.645. The van der Waals surface area contributed by atoms with Crippen LogP contribution in [-0.2, 0) is 0 Å². The Kier molecular flexibility index (Phi) is 4.22. The molecule has 2 bridgehead atoms. The zero-order valence-electron chi connectivity index (χ0n) is 11.8. The van der Waals surface area contributed by atoms with Crippen molar-refractivity contribution in [3.8, 4) is 5.75 Å². The summed E-state index contributed by atoms with van der Waals surface area (Å²) in [4.78, 5) is 3.04. The van der Waals surface area contributed by atoms with Crippen molar-refractivity contribution in [1.29, 1.82) is 0 Å². The Morgan fingerprint density at radius 1 is 1.35 bits per heavy atom. The highest BCUT2D eigenvalue weighted by atomic mass is 32.1. The van der Waals surface area contributed by atoms with Crippen LogP contribution in [0.25, 0.3) is 0 Å². The van der Waals surface area contributed by atoms with Crippen molar-refractivity contribution in [2.75, 3.05) is 19.7 Å². The molecule has 1 aromatic carbocycles. The van der Waals surface area contributed by atoms with E-state index in [0.717, 1.165) is 42.8 Å². The Balaban J connectivity index is 1.45. The van der Waals surface area contributed by atoms with Crippen LogP contribution in [0, 0.1) is 5.92 Å². The van der Waals surface area contributed by atoms with Crippen LogP contribution in [0.4, 0.5) is 0 Å². The van der Waals surface area contributed by atoms with Crippen molar-refractivity contribution < 1.29 is 4.74 Å². The van der Waals surface area contributed by atoms with E-state index in [2.05, 4.69) is 4.90 Å². The maximum Gasteiger partial charge on any atom is 0.129 e. The van der Waals surface area contributed by atoms with Crippen LogP contribution in [0.1, 0.15) is 31.2 Å². The van der Waals surface area contributed by atoms with E-state index in [1.54, 1.807) is 0 Å². The number of benzene rings is 1. The van der Waals surface area contributed by atoms with Gasteiger partial charge in [0.15, 0.2) is 0 Å². The molecule has 3 nitrogen and oxygen atoms in total. The molecular weight excluding hydrogens is 268 g/mol. The number of nitrogens with two attached hydrogens (primary N) is 1. The summed E-state index contributed by atoms with van der Waals surface area (Å²) in [5.41, 5.74) is 6.54. The SMILES string of the molecule is NC(=S)c1ccccc1OCCCN1CC2CCC1C2. The summed E-state index contributed by atoms with van der Waals surface area (Å²) >= 11 is 5.04. The van der Waals surface area contributed by atoms with E-state index in [0.29, 0.717) is 4.99 Å². The molecule has 0 spiro atoms. The second-order valence-corrected chi connectivity index (χ2v) is 6.33. The summed E-state index contributed by atoms with van der Waals surface area (Å²) < 4.78 is 5.84. The molecule has 3 rings (SSSR count). The largest absolute Gasteiger partial charge is 0.493 e. The number of thiocarbonyl (C=S) groups is 1. The van der Waals surface area contributed by atoms with Crippen LogP contribution < -0.4 is 10.5 Å². The minimum atomic E-state index is 0.400. The van der Waals surface area contributed by atoms with Gasteiger partial charge in [0.1, 0.15) is 10.7 Å². The number of para-hydroxylation sites is 1. The van der Waals surface area contributed by atoms with Crippen LogP contribution in [0.15, 0.2) is 24.3 Å². The maximum atomic E-state index is 5.84. The van der Waals surface area contributed by atoms with Gasteiger partial charge in [0.2, 0.25) is 0 Å². The molecule has 108 valence electrons. The fourth-order valence-corrected chi connectivity index (χ4v) is 3.72. The van der Waals surface area contributed by atoms with Gasteiger partial charge < -0.3 is 10.5 Å². The van der Waals surface area contributed by atoms with Gasteiger partial charge in [0.25, 0.3) is 0 Å². The Labute approximate surface area is 126 Å². The molecule has 1 saturated carbocycles. The lowest BCUT2D eigenvalue weighted by Crippen LogP contribution is -2.33. The number of nitrogens with zero attached hydrogens (tertiary/aromatic N) is 1. The van der Waals surface area contributed by atoms with Crippen molar-refractivity contribution in [3.63, 3.8) is 0 Å². The van der Waals surface area contributed by atoms with Gasteiger partial charge in [-0.3, -0.25) is 4.90 Å². The van der Waals surface area contributed by atoms with E-state index in [1.165, 1.54) is 25.8 Å². The number of fused-ring (bicyclic) bond motifs is 2. The molecule has 4 heteroatoms. The Hall–Kier alpha value is -1.13. The van der Waals surface area contributed by atoms with E-state index < -0.39 is 0 Å². The number of rotatable bonds is 6. The third-order valence-corrected chi connectivity index (χ3v) is 4.74. The molecule has 1 saturated heterocycles. The van der Waals surface area contributed by atoms with Crippen LogP contribution >= 0.6 is 12.2 Å². The number of ether oxygens (including phenoxy) is 1. The predicted octanol–water partition coefficient (Wildman–Crippen LogP) is 2.57. The van der Waals surface area contributed by atoms with Crippen molar-refractivity contribution in [1.82, 2.24) is 4.90 Å². The van der Waals surface area contributed by atoms with Gasteiger partial charge in [-0.15, -0.1) is 0 Å². The first-order valence-corrected chi connectivity index (χ1v) is 7.90. The molecule has 1 aromatic rings. The van der Waals surface area contributed by atoms with E-state index in [4.69, 9.17) is 22.7 Å². The highest BCUT2D eigenvalue weighted by Crippen LogP contribution is 2.37. The van der Waals surface area contributed by atoms with Gasteiger partial charge >= 0.3 is 0 Å². The molecule has 0 amide bonds. The number of piperidine rings is 1. The maximum absolute atomic E-state index is 5.84. The molecule has 2 fully saturated rings. The Bertz CT molecular complexity index is 491. The van der Waals surface area contributed by atoms with Gasteiger partial charge in [-0.1, -0.05) is 24.4 Å². The molecule has 2 N–H and O–H groups in total.